The molecule has 1 aromatic heterocycles. The summed E-state index contributed by atoms with van der Waals surface area (Å²) in [5.41, 5.74) is 8.27. The van der Waals surface area contributed by atoms with Crippen LogP contribution in [0.2, 0.25) is 0 Å². The van der Waals surface area contributed by atoms with Crippen molar-refractivity contribution in [3.05, 3.63) is 164 Å². The summed E-state index contributed by atoms with van der Waals surface area (Å²) < 4.78 is 2.65. The second-order valence-electron chi connectivity index (χ2n) is 10.5. The van der Waals surface area contributed by atoms with Crippen LogP contribution in [-0.4, -0.2) is 0 Å². The fourth-order valence-electron chi connectivity index (χ4n) is 6.13. The van der Waals surface area contributed by atoms with Crippen LogP contribution in [0, 0.1) is 0 Å². The van der Waals surface area contributed by atoms with Crippen molar-refractivity contribution < 1.29 is 0 Å². The van der Waals surface area contributed by atoms with Crippen molar-refractivity contribution in [3.63, 3.8) is 0 Å². The lowest BCUT2D eigenvalue weighted by Gasteiger charge is -2.29. The van der Waals surface area contributed by atoms with E-state index in [0.717, 1.165) is 11.4 Å². The van der Waals surface area contributed by atoms with Gasteiger partial charge < -0.3 is 4.90 Å². The molecule has 0 amide bonds. The number of anilines is 3. The molecule has 0 fully saturated rings. The molecule has 0 N–H and O–H groups in total. The van der Waals surface area contributed by atoms with Crippen LogP contribution >= 0.6 is 11.3 Å². The fourth-order valence-corrected chi connectivity index (χ4v) is 7.25. The minimum atomic E-state index is 1.13. The summed E-state index contributed by atoms with van der Waals surface area (Å²) in [6, 6.07) is 59.1. The van der Waals surface area contributed by atoms with Gasteiger partial charge in [-0.3, -0.25) is 0 Å². The molecular weight excluding hydrogens is 527 g/mol. The predicted octanol–water partition coefficient (Wildman–Crippen LogP) is 12.0. The topological polar surface area (TPSA) is 3.24 Å². The molecule has 1 heterocycles. The fraction of sp³-hybridized carbons (Fsp3) is 0. The minimum absolute atomic E-state index is 1.13. The van der Waals surface area contributed by atoms with E-state index in [2.05, 4.69) is 169 Å². The number of nitrogens with zero attached hydrogens (tertiary/aromatic N) is 1. The average molecular weight is 554 g/mol. The van der Waals surface area contributed by atoms with Gasteiger partial charge in [0.15, 0.2) is 0 Å². The monoisotopic (exact) mass is 553 g/mol. The molecule has 0 unspecified atom stereocenters. The Hall–Kier alpha value is -5.18. The van der Waals surface area contributed by atoms with Crippen molar-refractivity contribution in [3.8, 4) is 22.3 Å². The van der Waals surface area contributed by atoms with Crippen LogP contribution in [-0.2, 0) is 0 Å². The first kappa shape index (κ1) is 24.6. The van der Waals surface area contributed by atoms with E-state index < -0.39 is 0 Å². The van der Waals surface area contributed by atoms with Gasteiger partial charge in [0.25, 0.3) is 0 Å². The standard InChI is InChI=1S/C40H27NS/c1-3-12-28(13-4-1)29-22-24-31(25-23-29)41(36-19-9-7-16-32(36)30-14-5-2-6-15-30)37-20-11-18-34-33(37)26-27-39-40(34)35-17-8-10-21-38(35)42-39/h1-27H. The molecule has 8 rings (SSSR count). The van der Waals surface area contributed by atoms with Gasteiger partial charge in [0.1, 0.15) is 0 Å². The molecule has 7 aromatic carbocycles. The van der Waals surface area contributed by atoms with E-state index in [-0.39, 0.29) is 0 Å². The molecule has 8 aromatic rings. The number of fused-ring (bicyclic) bond motifs is 5. The highest BCUT2D eigenvalue weighted by Gasteiger charge is 2.20. The van der Waals surface area contributed by atoms with E-state index in [1.165, 1.54) is 58.9 Å². The summed E-state index contributed by atoms with van der Waals surface area (Å²) in [5.74, 6) is 0. The molecule has 0 spiro atoms. The molecule has 0 bridgehead atoms. The van der Waals surface area contributed by atoms with E-state index in [1.807, 2.05) is 11.3 Å². The lowest BCUT2D eigenvalue weighted by atomic mass is 9.98. The molecule has 0 radical (unpaired) electrons. The minimum Gasteiger partial charge on any atom is -0.309 e. The Bertz CT molecular complexity index is 2180. The van der Waals surface area contributed by atoms with Gasteiger partial charge in [0.2, 0.25) is 0 Å². The van der Waals surface area contributed by atoms with Crippen LogP contribution < -0.4 is 4.90 Å². The van der Waals surface area contributed by atoms with Gasteiger partial charge in [-0.25, -0.2) is 0 Å². The summed E-state index contributed by atoms with van der Waals surface area (Å²) in [4.78, 5) is 2.43. The third kappa shape index (κ3) is 4.16. The smallest absolute Gasteiger partial charge is 0.0540 e. The van der Waals surface area contributed by atoms with Gasteiger partial charge in [-0.1, -0.05) is 127 Å². The Kier molecular flexibility index (Phi) is 6.05. The first-order chi connectivity index (χ1) is 20.8. The van der Waals surface area contributed by atoms with Crippen LogP contribution in [0.25, 0.3) is 53.2 Å². The van der Waals surface area contributed by atoms with Gasteiger partial charge in [0.05, 0.1) is 11.4 Å². The maximum atomic E-state index is 2.43. The lowest BCUT2D eigenvalue weighted by molar-refractivity contribution is 1.30. The van der Waals surface area contributed by atoms with Crippen molar-refractivity contribution in [2.45, 2.75) is 0 Å². The summed E-state index contributed by atoms with van der Waals surface area (Å²) in [6.45, 7) is 0. The highest BCUT2D eigenvalue weighted by Crippen LogP contribution is 2.46. The van der Waals surface area contributed by atoms with Crippen molar-refractivity contribution in [1.29, 1.82) is 0 Å². The van der Waals surface area contributed by atoms with Gasteiger partial charge in [-0.2, -0.15) is 0 Å². The van der Waals surface area contributed by atoms with Crippen LogP contribution in [0.3, 0.4) is 0 Å². The Labute approximate surface area is 249 Å². The van der Waals surface area contributed by atoms with Crippen molar-refractivity contribution in [2.24, 2.45) is 0 Å². The molecule has 0 aliphatic heterocycles. The zero-order valence-corrected chi connectivity index (χ0v) is 23.8. The normalized spacial score (nSPS) is 11.3. The van der Waals surface area contributed by atoms with Gasteiger partial charge in [-0.05, 0) is 58.5 Å². The van der Waals surface area contributed by atoms with E-state index in [0.29, 0.717) is 0 Å². The first-order valence-electron chi connectivity index (χ1n) is 14.3. The SMILES string of the molecule is c1ccc(-c2ccc(N(c3ccccc3-c3ccccc3)c3cccc4c3ccc3sc5ccccc5c34)cc2)cc1. The van der Waals surface area contributed by atoms with Crippen LogP contribution in [0.4, 0.5) is 17.1 Å². The van der Waals surface area contributed by atoms with Crippen molar-refractivity contribution >= 4 is 59.3 Å². The maximum Gasteiger partial charge on any atom is 0.0540 e. The molecule has 2 heteroatoms. The Morgan fingerprint density at radius 3 is 1.79 bits per heavy atom. The predicted molar refractivity (Wildman–Crippen MR) is 182 cm³/mol. The van der Waals surface area contributed by atoms with Gasteiger partial charge in [-0.15, -0.1) is 11.3 Å². The van der Waals surface area contributed by atoms with Crippen LogP contribution in [0.5, 0.6) is 0 Å². The number of rotatable bonds is 5. The summed E-state index contributed by atoms with van der Waals surface area (Å²) in [7, 11) is 0. The zero-order valence-electron chi connectivity index (χ0n) is 22.9. The third-order valence-electron chi connectivity index (χ3n) is 8.08. The third-order valence-corrected chi connectivity index (χ3v) is 9.22. The second kappa shape index (κ2) is 10.3. The number of thiophene rings is 1. The highest BCUT2D eigenvalue weighted by molar-refractivity contribution is 7.26. The summed E-state index contributed by atoms with van der Waals surface area (Å²) in [6.07, 6.45) is 0. The van der Waals surface area contributed by atoms with Gasteiger partial charge in [0, 0.05) is 36.8 Å². The number of para-hydroxylation sites is 1. The Morgan fingerprint density at radius 1 is 0.357 bits per heavy atom. The highest BCUT2D eigenvalue weighted by atomic mass is 32.1. The summed E-state index contributed by atoms with van der Waals surface area (Å²) >= 11 is 1.87. The molecule has 0 aliphatic carbocycles. The second-order valence-corrected chi connectivity index (χ2v) is 11.6. The quantitative estimate of drug-likeness (QED) is 0.205. The lowest BCUT2D eigenvalue weighted by Crippen LogP contribution is -2.11. The zero-order chi connectivity index (χ0) is 27.9. The van der Waals surface area contributed by atoms with E-state index in [1.54, 1.807) is 0 Å². The van der Waals surface area contributed by atoms with Crippen molar-refractivity contribution in [2.75, 3.05) is 4.90 Å². The summed E-state index contributed by atoms with van der Waals surface area (Å²) in [5, 5.41) is 5.18. The molecule has 42 heavy (non-hydrogen) atoms. The largest absolute Gasteiger partial charge is 0.309 e. The molecule has 0 saturated heterocycles. The molecule has 1 nitrogen and oxygen atoms in total. The van der Waals surface area contributed by atoms with Crippen LogP contribution in [0.15, 0.2) is 164 Å². The Morgan fingerprint density at radius 2 is 0.976 bits per heavy atom. The molecular formula is C40H27NS. The van der Waals surface area contributed by atoms with E-state index in [9.17, 15) is 0 Å². The molecule has 0 atom stereocenters. The molecule has 198 valence electrons. The molecule has 0 saturated carbocycles. The van der Waals surface area contributed by atoms with E-state index >= 15 is 0 Å². The number of hydrogen-bond acceptors (Lipinski definition) is 2. The van der Waals surface area contributed by atoms with E-state index in [4.69, 9.17) is 0 Å². The van der Waals surface area contributed by atoms with Crippen LogP contribution in [0.1, 0.15) is 0 Å². The number of benzene rings is 7. The number of hydrogen-bond donors (Lipinski definition) is 0. The maximum absolute atomic E-state index is 2.43. The van der Waals surface area contributed by atoms with Gasteiger partial charge >= 0.3 is 0 Å². The van der Waals surface area contributed by atoms with Crippen molar-refractivity contribution in [1.82, 2.24) is 0 Å². The first-order valence-corrected chi connectivity index (χ1v) is 15.1. The average Bonchev–Trinajstić information content (AvgIpc) is 3.46. The Balaban J connectivity index is 1.39. The molecule has 0 aliphatic rings.